The third kappa shape index (κ3) is 2.17. The first kappa shape index (κ1) is 9.45. The number of aliphatic hydroxyl groups excluding tert-OH is 1. The molecule has 0 aliphatic carbocycles. The highest BCUT2D eigenvalue weighted by molar-refractivity contribution is 6.29. The van der Waals surface area contributed by atoms with E-state index in [4.69, 9.17) is 16.7 Å². The summed E-state index contributed by atoms with van der Waals surface area (Å²) in [6.07, 6.45) is 1.65. The molecule has 1 atom stereocenters. The van der Waals surface area contributed by atoms with Gasteiger partial charge in [-0.1, -0.05) is 17.7 Å². The Labute approximate surface area is 76.4 Å². The summed E-state index contributed by atoms with van der Waals surface area (Å²) in [5.41, 5.74) is 0.935. The third-order valence-corrected chi connectivity index (χ3v) is 1.91. The molecule has 0 aromatic carbocycles. The van der Waals surface area contributed by atoms with E-state index in [0.717, 1.165) is 5.56 Å². The summed E-state index contributed by atoms with van der Waals surface area (Å²) < 4.78 is 0. The van der Waals surface area contributed by atoms with E-state index >= 15 is 0 Å². The minimum Gasteiger partial charge on any atom is -0.394 e. The molecule has 0 saturated carbocycles. The number of hydrogen-bond acceptors (Lipinski definition) is 3. The van der Waals surface area contributed by atoms with Gasteiger partial charge in [-0.05, 0) is 18.7 Å². The molecule has 12 heavy (non-hydrogen) atoms. The van der Waals surface area contributed by atoms with Crippen molar-refractivity contribution in [2.45, 2.75) is 6.04 Å². The van der Waals surface area contributed by atoms with E-state index in [1.807, 2.05) is 6.07 Å². The summed E-state index contributed by atoms with van der Waals surface area (Å²) in [6.45, 7) is 0.0554. The van der Waals surface area contributed by atoms with Gasteiger partial charge in [0.15, 0.2) is 0 Å². The highest BCUT2D eigenvalue weighted by atomic mass is 35.5. The zero-order valence-corrected chi connectivity index (χ0v) is 7.54. The van der Waals surface area contributed by atoms with Gasteiger partial charge in [-0.25, -0.2) is 4.98 Å². The molecule has 4 heteroatoms. The Kier molecular flexibility index (Phi) is 3.47. The summed E-state index contributed by atoms with van der Waals surface area (Å²) in [5.74, 6) is 0. The predicted molar refractivity (Wildman–Crippen MR) is 48.1 cm³/mol. The first-order chi connectivity index (χ1) is 5.77. The topological polar surface area (TPSA) is 45.1 Å². The van der Waals surface area contributed by atoms with Crippen LogP contribution < -0.4 is 5.32 Å². The third-order valence-electron chi connectivity index (χ3n) is 1.68. The molecule has 0 aliphatic rings. The van der Waals surface area contributed by atoms with Crippen molar-refractivity contribution in [1.82, 2.24) is 10.3 Å². The van der Waals surface area contributed by atoms with Crippen molar-refractivity contribution in [3.8, 4) is 0 Å². The Hall–Kier alpha value is -0.640. The Balaban J connectivity index is 2.80. The molecule has 1 heterocycles. The fourth-order valence-corrected chi connectivity index (χ4v) is 1.07. The van der Waals surface area contributed by atoms with Gasteiger partial charge < -0.3 is 10.4 Å². The van der Waals surface area contributed by atoms with Crippen LogP contribution in [0.4, 0.5) is 0 Å². The lowest BCUT2D eigenvalue weighted by Gasteiger charge is -2.12. The molecule has 66 valence electrons. The van der Waals surface area contributed by atoms with E-state index in [1.165, 1.54) is 0 Å². The lowest BCUT2D eigenvalue weighted by atomic mass is 10.1. The minimum atomic E-state index is -0.0604. The molecular formula is C8H11ClN2O. The van der Waals surface area contributed by atoms with Gasteiger partial charge in [0.25, 0.3) is 0 Å². The van der Waals surface area contributed by atoms with Crippen molar-refractivity contribution in [3.05, 3.63) is 29.0 Å². The maximum absolute atomic E-state index is 8.93. The fraction of sp³-hybridized carbons (Fsp3) is 0.375. The van der Waals surface area contributed by atoms with Crippen LogP contribution in [0.25, 0.3) is 0 Å². The summed E-state index contributed by atoms with van der Waals surface area (Å²) >= 11 is 5.61. The average Bonchev–Trinajstić information content (AvgIpc) is 2.10. The molecule has 1 aromatic rings. The maximum atomic E-state index is 8.93. The number of halogens is 1. The van der Waals surface area contributed by atoms with E-state index in [9.17, 15) is 0 Å². The van der Waals surface area contributed by atoms with Crippen LogP contribution >= 0.6 is 11.6 Å². The Morgan fingerprint density at radius 1 is 1.67 bits per heavy atom. The van der Waals surface area contributed by atoms with E-state index in [0.29, 0.717) is 5.15 Å². The molecule has 0 spiro atoms. The van der Waals surface area contributed by atoms with Crippen LogP contribution in [0.2, 0.25) is 5.15 Å². The second kappa shape index (κ2) is 4.40. The maximum Gasteiger partial charge on any atom is 0.129 e. The highest BCUT2D eigenvalue weighted by Gasteiger charge is 2.06. The molecular weight excluding hydrogens is 176 g/mol. The lowest BCUT2D eigenvalue weighted by Crippen LogP contribution is -2.19. The average molecular weight is 187 g/mol. The molecule has 0 aliphatic heterocycles. The van der Waals surface area contributed by atoms with Gasteiger partial charge in [0, 0.05) is 6.20 Å². The molecule has 1 rings (SSSR count). The second-order valence-electron chi connectivity index (χ2n) is 2.44. The highest BCUT2D eigenvalue weighted by Crippen LogP contribution is 2.12. The molecule has 2 N–H and O–H groups in total. The number of pyridine rings is 1. The van der Waals surface area contributed by atoms with Crippen molar-refractivity contribution in [1.29, 1.82) is 0 Å². The van der Waals surface area contributed by atoms with Gasteiger partial charge in [-0.15, -0.1) is 0 Å². The largest absolute Gasteiger partial charge is 0.394 e. The van der Waals surface area contributed by atoms with Crippen LogP contribution in [-0.2, 0) is 0 Å². The quantitative estimate of drug-likeness (QED) is 0.692. The molecule has 0 unspecified atom stereocenters. The van der Waals surface area contributed by atoms with Crippen LogP contribution in [0, 0.1) is 0 Å². The van der Waals surface area contributed by atoms with Crippen molar-refractivity contribution >= 4 is 11.6 Å². The predicted octanol–water partition coefficient (Wildman–Crippen LogP) is 0.988. The van der Waals surface area contributed by atoms with Crippen LogP contribution in [0.3, 0.4) is 0 Å². The molecule has 0 radical (unpaired) electrons. The zero-order chi connectivity index (χ0) is 8.97. The zero-order valence-electron chi connectivity index (χ0n) is 6.79. The fourth-order valence-electron chi connectivity index (χ4n) is 0.957. The molecule has 0 fully saturated rings. The summed E-state index contributed by atoms with van der Waals surface area (Å²) in [5, 5.41) is 12.3. The van der Waals surface area contributed by atoms with Crippen LogP contribution in [0.5, 0.6) is 0 Å². The van der Waals surface area contributed by atoms with Gasteiger partial charge in [-0.2, -0.15) is 0 Å². The number of nitrogens with one attached hydrogen (secondary N) is 1. The Morgan fingerprint density at radius 3 is 2.83 bits per heavy atom. The normalized spacial score (nSPS) is 12.9. The van der Waals surface area contributed by atoms with E-state index < -0.39 is 0 Å². The van der Waals surface area contributed by atoms with Crippen molar-refractivity contribution < 1.29 is 5.11 Å². The van der Waals surface area contributed by atoms with Crippen LogP contribution in [0.15, 0.2) is 18.3 Å². The van der Waals surface area contributed by atoms with E-state index in [1.54, 1.807) is 19.3 Å². The number of aliphatic hydroxyl groups is 1. The van der Waals surface area contributed by atoms with Gasteiger partial charge >= 0.3 is 0 Å². The standard InChI is InChI=1S/C8H11ClN2O/c1-10-7(5-12)6-2-3-8(9)11-4-6/h2-4,7,10,12H,5H2,1H3/t7-/m1/s1. The van der Waals surface area contributed by atoms with Gasteiger partial charge in [0.05, 0.1) is 12.6 Å². The number of likely N-dealkylation sites (N-methyl/N-ethyl adjacent to an activating group) is 1. The first-order valence-corrected chi connectivity index (χ1v) is 4.05. The molecule has 0 bridgehead atoms. The van der Waals surface area contributed by atoms with Gasteiger partial charge in [0.1, 0.15) is 5.15 Å². The van der Waals surface area contributed by atoms with Crippen molar-refractivity contribution in [3.63, 3.8) is 0 Å². The minimum absolute atomic E-state index is 0.0554. The number of hydrogen-bond donors (Lipinski definition) is 2. The van der Waals surface area contributed by atoms with Crippen molar-refractivity contribution in [2.24, 2.45) is 0 Å². The first-order valence-electron chi connectivity index (χ1n) is 3.67. The number of nitrogens with zero attached hydrogens (tertiary/aromatic N) is 1. The SMILES string of the molecule is CN[C@H](CO)c1ccc(Cl)nc1. The molecule has 3 nitrogen and oxygen atoms in total. The lowest BCUT2D eigenvalue weighted by molar-refractivity contribution is 0.251. The Morgan fingerprint density at radius 2 is 2.42 bits per heavy atom. The van der Waals surface area contributed by atoms with Crippen molar-refractivity contribution in [2.75, 3.05) is 13.7 Å². The van der Waals surface area contributed by atoms with Gasteiger partial charge in [-0.3, -0.25) is 0 Å². The van der Waals surface area contributed by atoms with Gasteiger partial charge in [0.2, 0.25) is 0 Å². The molecule has 1 aromatic heterocycles. The van der Waals surface area contributed by atoms with E-state index in [2.05, 4.69) is 10.3 Å². The molecule has 0 saturated heterocycles. The summed E-state index contributed by atoms with van der Waals surface area (Å²) in [6, 6.07) is 3.48. The monoisotopic (exact) mass is 186 g/mol. The number of aromatic nitrogens is 1. The van der Waals surface area contributed by atoms with E-state index in [-0.39, 0.29) is 12.6 Å². The summed E-state index contributed by atoms with van der Waals surface area (Å²) in [4.78, 5) is 3.91. The summed E-state index contributed by atoms with van der Waals surface area (Å²) in [7, 11) is 1.79. The number of rotatable bonds is 3. The molecule has 0 amide bonds. The Bertz CT molecular complexity index is 233. The second-order valence-corrected chi connectivity index (χ2v) is 2.83. The smallest absolute Gasteiger partial charge is 0.129 e. The van der Waals surface area contributed by atoms with Crippen LogP contribution in [0.1, 0.15) is 11.6 Å². The van der Waals surface area contributed by atoms with Crippen LogP contribution in [-0.4, -0.2) is 23.7 Å².